The molecule has 0 amide bonds. The number of benzene rings is 1. The molecule has 1 fully saturated rings. The molecule has 0 aliphatic carbocycles. The molecular weight excluding hydrogens is 449 g/mol. The largest absolute Gasteiger partial charge is 0.573 e. The first kappa shape index (κ1) is 22.6. The smallest absolute Gasteiger partial charge is 0.406 e. The number of hydrogen-bond acceptors (Lipinski definition) is 6. The number of ether oxygens (including phenoxy) is 1. The van der Waals surface area contributed by atoms with Gasteiger partial charge in [0.15, 0.2) is 5.65 Å². The summed E-state index contributed by atoms with van der Waals surface area (Å²) in [6.45, 7) is -1.39. The molecule has 1 aromatic carbocycles. The second-order valence-corrected chi connectivity index (χ2v) is 7.24. The Hall–Kier alpha value is -3.58. The van der Waals surface area contributed by atoms with Crippen molar-refractivity contribution in [2.24, 2.45) is 0 Å². The van der Waals surface area contributed by atoms with Gasteiger partial charge in [0.2, 0.25) is 0 Å². The molecular formula is C20H18F5N7O. The molecule has 3 aromatic heterocycles. The standard InChI is InChI=1S/C20H15F5N6O.H3N/c21-19(22)30-10-12(9-28-30)15-5-6-27-18-16(15)17(11-7-26-8-11)29-31(18)13-1-3-14(4-2-13)32-20(23,24)25;/h1-6,9-11,19,26H,7-8H2;1H3. The van der Waals surface area contributed by atoms with Crippen molar-refractivity contribution in [2.45, 2.75) is 18.8 Å². The fourth-order valence-corrected chi connectivity index (χ4v) is 3.63. The van der Waals surface area contributed by atoms with Crippen molar-refractivity contribution in [3.05, 3.63) is 54.6 Å². The van der Waals surface area contributed by atoms with E-state index >= 15 is 0 Å². The second kappa shape index (κ2) is 8.41. The molecule has 0 unspecified atom stereocenters. The Labute approximate surface area is 183 Å². The van der Waals surface area contributed by atoms with Gasteiger partial charge in [-0.2, -0.15) is 19.0 Å². The third kappa shape index (κ3) is 4.24. The van der Waals surface area contributed by atoms with Gasteiger partial charge in [-0.05, 0) is 35.9 Å². The lowest BCUT2D eigenvalue weighted by Crippen LogP contribution is -2.40. The molecule has 0 bridgehead atoms. The van der Waals surface area contributed by atoms with E-state index in [9.17, 15) is 22.0 Å². The van der Waals surface area contributed by atoms with E-state index in [0.29, 0.717) is 45.6 Å². The van der Waals surface area contributed by atoms with Crippen molar-refractivity contribution in [2.75, 3.05) is 13.1 Å². The summed E-state index contributed by atoms with van der Waals surface area (Å²) in [5.74, 6) is -0.270. The molecule has 0 saturated carbocycles. The maximum Gasteiger partial charge on any atom is 0.573 e. The fraction of sp³-hybridized carbons (Fsp3) is 0.250. The highest BCUT2D eigenvalue weighted by molar-refractivity contribution is 5.95. The molecule has 8 nitrogen and oxygen atoms in total. The van der Waals surface area contributed by atoms with E-state index in [1.54, 1.807) is 6.07 Å². The summed E-state index contributed by atoms with van der Waals surface area (Å²) < 4.78 is 69.4. The van der Waals surface area contributed by atoms with Gasteiger partial charge in [-0.3, -0.25) is 0 Å². The van der Waals surface area contributed by atoms with E-state index in [1.165, 1.54) is 47.5 Å². The average molecular weight is 467 g/mol. The van der Waals surface area contributed by atoms with Crippen LogP contribution in [0.2, 0.25) is 0 Å². The van der Waals surface area contributed by atoms with Gasteiger partial charge < -0.3 is 16.2 Å². The van der Waals surface area contributed by atoms with Crippen LogP contribution in [0, 0.1) is 0 Å². The topological polar surface area (TPSA) is 105 Å². The predicted octanol–water partition coefficient (Wildman–Crippen LogP) is 4.43. The maximum atomic E-state index is 13.0. The minimum Gasteiger partial charge on any atom is -0.406 e. The number of aromatic nitrogens is 5. The predicted molar refractivity (Wildman–Crippen MR) is 109 cm³/mol. The number of alkyl halides is 5. The van der Waals surface area contributed by atoms with Crippen molar-refractivity contribution in [1.82, 2.24) is 36.0 Å². The van der Waals surface area contributed by atoms with Gasteiger partial charge in [0.1, 0.15) is 5.75 Å². The molecule has 1 saturated heterocycles. The molecule has 5 rings (SSSR count). The Bertz CT molecular complexity index is 1260. The number of halogens is 5. The zero-order chi connectivity index (χ0) is 22.5. The van der Waals surface area contributed by atoms with E-state index in [2.05, 4.69) is 25.2 Å². The SMILES string of the molecule is FC(F)n1cc(-c2ccnc3c2c(C2CNC2)nn3-c2ccc(OC(F)(F)F)cc2)cn1.N. The van der Waals surface area contributed by atoms with E-state index in [0.717, 1.165) is 5.69 Å². The lowest BCUT2D eigenvalue weighted by atomic mass is 9.94. The van der Waals surface area contributed by atoms with E-state index in [-0.39, 0.29) is 17.8 Å². The molecule has 0 radical (unpaired) electrons. The molecule has 174 valence electrons. The van der Waals surface area contributed by atoms with Crippen LogP contribution in [0.4, 0.5) is 22.0 Å². The van der Waals surface area contributed by atoms with Crippen LogP contribution in [0.5, 0.6) is 5.75 Å². The maximum absolute atomic E-state index is 13.0. The Kier molecular flexibility index (Phi) is 5.76. The minimum atomic E-state index is -4.79. The Morgan fingerprint density at radius 1 is 1.09 bits per heavy atom. The van der Waals surface area contributed by atoms with E-state index < -0.39 is 12.9 Å². The molecule has 13 heteroatoms. The van der Waals surface area contributed by atoms with Crippen LogP contribution >= 0.6 is 0 Å². The summed E-state index contributed by atoms with van der Waals surface area (Å²) in [5, 5.41) is 12.3. The van der Waals surface area contributed by atoms with Gasteiger partial charge in [0.05, 0.1) is 23.0 Å². The van der Waals surface area contributed by atoms with Crippen LogP contribution in [0.15, 0.2) is 48.9 Å². The first-order valence-corrected chi connectivity index (χ1v) is 9.57. The zero-order valence-electron chi connectivity index (χ0n) is 16.9. The number of fused-ring (bicyclic) bond motifs is 1. The summed E-state index contributed by atoms with van der Waals surface area (Å²) in [4.78, 5) is 4.42. The van der Waals surface area contributed by atoms with Crippen molar-refractivity contribution in [3.63, 3.8) is 0 Å². The van der Waals surface area contributed by atoms with Crippen molar-refractivity contribution in [1.29, 1.82) is 0 Å². The molecule has 1 aliphatic rings. The number of rotatable bonds is 5. The van der Waals surface area contributed by atoms with Gasteiger partial charge in [-0.15, -0.1) is 13.2 Å². The highest BCUT2D eigenvalue weighted by Gasteiger charge is 2.31. The Balaban J connectivity index is 0.00000259. The molecule has 0 spiro atoms. The average Bonchev–Trinajstić information content (AvgIpc) is 3.32. The van der Waals surface area contributed by atoms with Gasteiger partial charge in [-0.1, -0.05) is 0 Å². The van der Waals surface area contributed by atoms with Gasteiger partial charge in [0.25, 0.3) is 0 Å². The number of hydrogen-bond donors (Lipinski definition) is 2. The molecule has 33 heavy (non-hydrogen) atoms. The molecule has 4 aromatic rings. The summed E-state index contributed by atoms with van der Waals surface area (Å²) >= 11 is 0. The third-order valence-electron chi connectivity index (χ3n) is 5.19. The first-order chi connectivity index (χ1) is 15.3. The quantitative estimate of drug-likeness (QED) is 0.421. The Morgan fingerprint density at radius 2 is 1.82 bits per heavy atom. The van der Waals surface area contributed by atoms with Gasteiger partial charge in [-0.25, -0.2) is 14.3 Å². The summed E-state index contributed by atoms with van der Waals surface area (Å²) in [6, 6.07) is 6.98. The first-order valence-electron chi connectivity index (χ1n) is 9.57. The molecule has 1 aliphatic heterocycles. The van der Waals surface area contributed by atoms with Crippen LogP contribution in [-0.4, -0.2) is 44.0 Å². The van der Waals surface area contributed by atoms with Crippen LogP contribution in [0.3, 0.4) is 0 Å². The van der Waals surface area contributed by atoms with Crippen LogP contribution < -0.4 is 16.2 Å². The van der Waals surface area contributed by atoms with Gasteiger partial charge in [0, 0.05) is 37.0 Å². The highest BCUT2D eigenvalue weighted by Crippen LogP contribution is 2.36. The summed E-state index contributed by atoms with van der Waals surface area (Å²) in [5.41, 5.74) is 2.80. The van der Waals surface area contributed by atoms with Crippen LogP contribution in [-0.2, 0) is 0 Å². The summed E-state index contributed by atoms with van der Waals surface area (Å²) in [7, 11) is 0. The monoisotopic (exact) mass is 467 g/mol. The minimum absolute atomic E-state index is 0. The van der Waals surface area contributed by atoms with Crippen molar-refractivity contribution in [3.8, 4) is 22.6 Å². The summed E-state index contributed by atoms with van der Waals surface area (Å²) in [6.07, 6.45) is -0.657. The van der Waals surface area contributed by atoms with E-state index in [4.69, 9.17) is 0 Å². The molecule has 4 N–H and O–H groups in total. The lowest BCUT2D eigenvalue weighted by Gasteiger charge is -2.25. The van der Waals surface area contributed by atoms with Crippen molar-refractivity contribution >= 4 is 11.0 Å². The third-order valence-corrected chi connectivity index (χ3v) is 5.19. The number of nitrogens with one attached hydrogen (secondary N) is 1. The second-order valence-electron chi connectivity index (χ2n) is 7.24. The zero-order valence-corrected chi connectivity index (χ0v) is 16.9. The molecule has 4 heterocycles. The van der Waals surface area contributed by atoms with Crippen molar-refractivity contribution < 1.29 is 26.7 Å². The lowest BCUT2D eigenvalue weighted by molar-refractivity contribution is -0.274. The van der Waals surface area contributed by atoms with Gasteiger partial charge >= 0.3 is 12.9 Å². The Morgan fingerprint density at radius 3 is 2.39 bits per heavy atom. The van der Waals surface area contributed by atoms with Crippen LogP contribution in [0.1, 0.15) is 18.2 Å². The van der Waals surface area contributed by atoms with E-state index in [1.807, 2.05) is 0 Å². The number of pyridine rings is 1. The normalized spacial score (nSPS) is 14.4. The number of nitrogens with zero attached hydrogens (tertiary/aromatic N) is 5. The fourth-order valence-electron chi connectivity index (χ4n) is 3.63. The van der Waals surface area contributed by atoms with Crippen LogP contribution in [0.25, 0.3) is 27.8 Å². The highest BCUT2D eigenvalue weighted by atomic mass is 19.4. The molecule has 0 atom stereocenters.